The number of anilines is 2. The monoisotopic (exact) mass is 327 g/mol. The molecule has 0 bridgehead atoms. The van der Waals surface area contributed by atoms with Crippen LogP contribution in [0.5, 0.6) is 11.5 Å². The van der Waals surface area contributed by atoms with Crippen LogP contribution in [0, 0.1) is 0 Å². The summed E-state index contributed by atoms with van der Waals surface area (Å²) in [5, 5.41) is 19.8. The number of hydrogen-bond acceptors (Lipinski definition) is 6. The number of aromatic hydroxyl groups is 2. The minimum atomic E-state index is -0.323. The third kappa shape index (κ3) is 2.99. The van der Waals surface area contributed by atoms with Crippen LogP contribution in [0.3, 0.4) is 0 Å². The van der Waals surface area contributed by atoms with Gasteiger partial charge >= 0.3 is 0 Å². The van der Waals surface area contributed by atoms with Gasteiger partial charge in [-0.05, 0) is 24.3 Å². The van der Waals surface area contributed by atoms with Crippen LogP contribution in [0.4, 0.5) is 11.4 Å². The zero-order valence-corrected chi connectivity index (χ0v) is 13.6. The second kappa shape index (κ2) is 6.78. The van der Waals surface area contributed by atoms with Crippen molar-refractivity contribution in [2.24, 2.45) is 0 Å². The lowest BCUT2D eigenvalue weighted by Crippen LogP contribution is -2.47. The SMILES string of the molecule is CCC(=O)c1c(N2CCN(c3ccncc3)CC2)ccc(O)c1O. The van der Waals surface area contributed by atoms with E-state index in [1.165, 1.54) is 6.07 Å². The Hall–Kier alpha value is -2.76. The molecular weight excluding hydrogens is 306 g/mol. The maximum Gasteiger partial charge on any atom is 0.170 e. The number of rotatable bonds is 4. The highest BCUT2D eigenvalue weighted by Gasteiger charge is 2.25. The highest BCUT2D eigenvalue weighted by Crippen LogP contribution is 2.37. The Kier molecular flexibility index (Phi) is 4.55. The number of phenols is 2. The first-order valence-corrected chi connectivity index (χ1v) is 8.10. The first-order valence-electron chi connectivity index (χ1n) is 8.10. The molecule has 2 aromatic rings. The third-order valence-electron chi connectivity index (χ3n) is 4.38. The first-order chi connectivity index (χ1) is 11.6. The number of carbonyl (C=O) groups is 1. The van der Waals surface area contributed by atoms with Crippen LogP contribution in [-0.2, 0) is 0 Å². The highest BCUT2D eigenvalue weighted by molar-refractivity contribution is 6.04. The highest BCUT2D eigenvalue weighted by atomic mass is 16.3. The molecule has 0 amide bonds. The van der Waals surface area contributed by atoms with Gasteiger partial charge in [0.25, 0.3) is 0 Å². The Morgan fingerprint density at radius 3 is 2.29 bits per heavy atom. The van der Waals surface area contributed by atoms with Gasteiger partial charge in [-0.25, -0.2) is 0 Å². The molecule has 1 saturated heterocycles. The lowest BCUT2D eigenvalue weighted by molar-refractivity contribution is 0.0985. The molecule has 1 fully saturated rings. The largest absolute Gasteiger partial charge is 0.504 e. The number of pyridine rings is 1. The van der Waals surface area contributed by atoms with E-state index in [-0.39, 0.29) is 29.3 Å². The predicted octanol–water partition coefficient (Wildman–Crippen LogP) is 2.41. The van der Waals surface area contributed by atoms with Crippen LogP contribution in [0.2, 0.25) is 0 Å². The topological polar surface area (TPSA) is 76.9 Å². The van der Waals surface area contributed by atoms with Gasteiger partial charge in [-0.3, -0.25) is 9.78 Å². The number of Topliss-reactive ketones (excluding diaryl/α,β-unsaturated/α-hetero) is 1. The molecule has 1 aliphatic rings. The summed E-state index contributed by atoms with van der Waals surface area (Å²) in [5.74, 6) is -0.753. The quantitative estimate of drug-likeness (QED) is 0.663. The third-order valence-corrected chi connectivity index (χ3v) is 4.38. The summed E-state index contributed by atoms with van der Waals surface area (Å²) in [7, 11) is 0. The zero-order chi connectivity index (χ0) is 17.1. The summed E-state index contributed by atoms with van der Waals surface area (Å²) in [6.45, 7) is 4.83. The van der Waals surface area contributed by atoms with Crippen molar-refractivity contribution in [2.45, 2.75) is 13.3 Å². The Balaban J connectivity index is 1.82. The van der Waals surface area contributed by atoms with E-state index in [9.17, 15) is 15.0 Å². The maximum absolute atomic E-state index is 12.2. The van der Waals surface area contributed by atoms with Crippen LogP contribution in [0.1, 0.15) is 23.7 Å². The molecule has 2 heterocycles. The molecule has 1 aromatic carbocycles. The number of nitrogens with zero attached hydrogens (tertiary/aromatic N) is 3. The van der Waals surface area contributed by atoms with Gasteiger partial charge in [-0.1, -0.05) is 6.92 Å². The lowest BCUT2D eigenvalue weighted by Gasteiger charge is -2.38. The molecule has 6 heteroatoms. The molecule has 1 aliphatic heterocycles. The summed E-state index contributed by atoms with van der Waals surface area (Å²) in [5.41, 5.74) is 2.03. The van der Waals surface area contributed by atoms with Crippen LogP contribution >= 0.6 is 0 Å². The summed E-state index contributed by atoms with van der Waals surface area (Å²) in [6, 6.07) is 7.11. The smallest absolute Gasteiger partial charge is 0.170 e. The van der Waals surface area contributed by atoms with E-state index in [0.29, 0.717) is 5.69 Å². The number of hydrogen-bond donors (Lipinski definition) is 2. The van der Waals surface area contributed by atoms with E-state index < -0.39 is 0 Å². The van der Waals surface area contributed by atoms with Gasteiger partial charge in [-0.2, -0.15) is 0 Å². The Morgan fingerprint density at radius 1 is 1.04 bits per heavy atom. The van der Waals surface area contributed by atoms with E-state index >= 15 is 0 Å². The molecule has 0 unspecified atom stereocenters. The van der Waals surface area contributed by atoms with Crippen molar-refractivity contribution >= 4 is 17.2 Å². The normalized spacial score (nSPS) is 14.7. The van der Waals surface area contributed by atoms with Crippen molar-refractivity contribution in [3.63, 3.8) is 0 Å². The Bertz CT molecular complexity index is 726. The Labute approximate surface area is 141 Å². The van der Waals surface area contributed by atoms with Crippen molar-refractivity contribution in [2.75, 3.05) is 36.0 Å². The zero-order valence-electron chi connectivity index (χ0n) is 13.6. The molecule has 0 aliphatic carbocycles. The van der Waals surface area contributed by atoms with Crippen LogP contribution in [-0.4, -0.2) is 47.2 Å². The summed E-state index contributed by atoms with van der Waals surface area (Å²) in [6.07, 6.45) is 3.83. The molecular formula is C18H21N3O3. The second-order valence-corrected chi connectivity index (χ2v) is 5.78. The van der Waals surface area contributed by atoms with Gasteiger partial charge in [0.2, 0.25) is 0 Å². The molecule has 1 aromatic heterocycles. The van der Waals surface area contributed by atoms with E-state index in [2.05, 4.69) is 14.8 Å². The average molecular weight is 327 g/mol. The predicted molar refractivity (Wildman–Crippen MR) is 93.1 cm³/mol. The molecule has 3 rings (SSSR count). The number of phenolic OH excluding ortho intramolecular Hbond substituents is 2. The minimum absolute atomic E-state index is 0.171. The van der Waals surface area contributed by atoms with Gasteiger partial charge in [0.15, 0.2) is 17.3 Å². The summed E-state index contributed by atoms with van der Waals surface area (Å²) >= 11 is 0. The number of piperazine rings is 1. The van der Waals surface area contributed by atoms with E-state index in [1.54, 1.807) is 25.4 Å². The van der Waals surface area contributed by atoms with Crippen molar-refractivity contribution in [1.82, 2.24) is 4.98 Å². The molecule has 0 saturated carbocycles. The fraction of sp³-hybridized carbons (Fsp3) is 0.333. The van der Waals surface area contributed by atoms with Crippen LogP contribution in [0.25, 0.3) is 0 Å². The van der Waals surface area contributed by atoms with Gasteiger partial charge in [-0.15, -0.1) is 0 Å². The fourth-order valence-corrected chi connectivity index (χ4v) is 3.05. The molecule has 0 spiro atoms. The molecule has 6 nitrogen and oxygen atoms in total. The van der Waals surface area contributed by atoms with Crippen molar-refractivity contribution in [3.05, 3.63) is 42.2 Å². The van der Waals surface area contributed by atoms with Gasteiger partial charge in [0.05, 0.1) is 11.3 Å². The van der Waals surface area contributed by atoms with Crippen molar-refractivity contribution in [3.8, 4) is 11.5 Å². The van der Waals surface area contributed by atoms with E-state index in [0.717, 1.165) is 31.9 Å². The summed E-state index contributed by atoms with van der Waals surface area (Å²) < 4.78 is 0. The number of ketones is 1. The minimum Gasteiger partial charge on any atom is -0.504 e. The van der Waals surface area contributed by atoms with Gasteiger partial charge in [0, 0.05) is 50.7 Å². The second-order valence-electron chi connectivity index (χ2n) is 5.78. The molecule has 0 atom stereocenters. The van der Waals surface area contributed by atoms with E-state index in [4.69, 9.17) is 0 Å². The first kappa shape index (κ1) is 16.1. The number of carbonyl (C=O) groups excluding carboxylic acids is 1. The number of benzene rings is 1. The van der Waals surface area contributed by atoms with Crippen LogP contribution in [0.15, 0.2) is 36.7 Å². The molecule has 0 radical (unpaired) electrons. The fourth-order valence-electron chi connectivity index (χ4n) is 3.05. The molecule has 2 N–H and O–H groups in total. The lowest BCUT2D eigenvalue weighted by atomic mass is 10.0. The maximum atomic E-state index is 12.2. The van der Waals surface area contributed by atoms with Gasteiger partial charge < -0.3 is 20.0 Å². The van der Waals surface area contributed by atoms with Crippen LogP contribution < -0.4 is 9.80 Å². The summed E-state index contributed by atoms with van der Waals surface area (Å²) in [4.78, 5) is 20.6. The standard InChI is InChI=1S/C18H21N3O3/c1-2-15(22)17-14(3-4-16(23)18(17)24)21-11-9-20(10-12-21)13-5-7-19-8-6-13/h3-8,23-24H,2,9-12H2,1H3. The average Bonchev–Trinajstić information content (AvgIpc) is 2.64. The molecule has 126 valence electrons. The van der Waals surface area contributed by atoms with Crippen molar-refractivity contribution in [1.29, 1.82) is 0 Å². The van der Waals surface area contributed by atoms with E-state index in [1.807, 2.05) is 12.1 Å². The van der Waals surface area contributed by atoms with Gasteiger partial charge in [0.1, 0.15) is 0 Å². The molecule has 24 heavy (non-hydrogen) atoms. The Morgan fingerprint density at radius 2 is 1.67 bits per heavy atom. The number of aromatic nitrogens is 1. The van der Waals surface area contributed by atoms with Crippen molar-refractivity contribution < 1.29 is 15.0 Å².